The number of hydrogen-bond acceptors (Lipinski definition) is 6. The third-order valence-corrected chi connectivity index (χ3v) is 6.50. The van der Waals surface area contributed by atoms with Crippen molar-refractivity contribution in [3.63, 3.8) is 0 Å². The van der Waals surface area contributed by atoms with Crippen LogP contribution in [0.1, 0.15) is 36.0 Å². The van der Waals surface area contributed by atoms with E-state index in [9.17, 15) is 9.59 Å². The highest BCUT2D eigenvalue weighted by molar-refractivity contribution is 7.98. The lowest BCUT2D eigenvalue weighted by Crippen LogP contribution is -2.33. The number of nitrogens with zero attached hydrogens (tertiary/aromatic N) is 2. The molecule has 1 aromatic heterocycles. The Hall–Kier alpha value is -3.26. The first kappa shape index (κ1) is 22.0. The number of rotatable bonds is 7. The van der Waals surface area contributed by atoms with Crippen molar-refractivity contribution in [1.29, 1.82) is 0 Å². The maximum absolute atomic E-state index is 13.1. The molecule has 1 amide bonds. The van der Waals surface area contributed by atoms with Crippen molar-refractivity contribution in [2.24, 2.45) is 7.05 Å². The zero-order chi connectivity index (χ0) is 22.7. The predicted molar refractivity (Wildman–Crippen MR) is 125 cm³/mol. The normalized spacial score (nSPS) is 15.1. The molecule has 2 aromatic carbocycles. The van der Waals surface area contributed by atoms with Crippen molar-refractivity contribution in [1.82, 2.24) is 9.55 Å². The van der Waals surface area contributed by atoms with Gasteiger partial charge in [0, 0.05) is 25.1 Å². The van der Waals surface area contributed by atoms with Crippen molar-refractivity contribution < 1.29 is 14.3 Å². The number of hydrogen-bond donors (Lipinski definition) is 1. The Morgan fingerprint density at radius 1 is 1.16 bits per heavy atom. The number of ether oxygens (including phenoxy) is 2. The molecule has 7 nitrogen and oxygen atoms in total. The Morgan fingerprint density at radius 3 is 2.66 bits per heavy atom. The van der Waals surface area contributed by atoms with Crippen LogP contribution in [0.3, 0.4) is 0 Å². The molecule has 4 rings (SSSR count). The van der Waals surface area contributed by atoms with Gasteiger partial charge < -0.3 is 19.4 Å². The highest BCUT2D eigenvalue weighted by atomic mass is 32.2. The van der Waals surface area contributed by atoms with Crippen molar-refractivity contribution in [2.45, 2.75) is 30.2 Å². The standard InChI is InChI=1S/C24H25N3O4S/c1-4-31-18-11-10-16(12-19(18)30-3)17-13-20(28)25-22-21(17)23(29)26-24(27(22)2)32-14-15-8-6-5-7-9-15/h5-12,17H,4,13-14H2,1-3H3,(H,25,28)/t17-/m1/s1. The number of aromatic nitrogens is 2. The molecule has 8 heteroatoms. The molecule has 1 atom stereocenters. The number of methoxy groups -OCH3 is 1. The molecule has 166 valence electrons. The molecule has 1 N–H and O–H groups in total. The molecule has 0 unspecified atom stereocenters. The molecule has 0 saturated carbocycles. The van der Waals surface area contributed by atoms with Crippen LogP contribution in [0.4, 0.5) is 5.82 Å². The molecule has 0 radical (unpaired) electrons. The maximum atomic E-state index is 13.1. The largest absolute Gasteiger partial charge is 0.493 e. The summed E-state index contributed by atoms with van der Waals surface area (Å²) in [4.78, 5) is 30.1. The van der Waals surface area contributed by atoms with Crippen molar-refractivity contribution in [3.05, 3.63) is 75.6 Å². The topological polar surface area (TPSA) is 82.5 Å². The minimum Gasteiger partial charge on any atom is -0.493 e. The molecular weight excluding hydrogens is 426 g/mol. The SMILES string of the molecule is CCOc1ccc([C@H]2CC(=O)Nc3c2c(=O)nc(SCc2ccccc2)n3C)cc1OC. The van der Waals surface area contributed by atoms with Gasteiger partial charge in [-0.15, -0.1) is 0 Å². The quantitative estimate of drug-likeness (QED) is 0.433. The Labute approximate surface area is 190 Å². The van der Waals surface area contributed by atoms with E-state index in [0.717, 1.165) is 11.1 Å². The Morgan fingerprint density at radius 2 is 1.94 bits per heavy atom. The van der Waals surface area contributed by atoms with Gasteiger partial charge in [0.25, 0.3) is 5.56 Å². The highest BCUT2D eigenvalue weighted by Gasteiger charge is 2.32. The lowest BCUT2D eigenvalue weighted by atomic mass is 9.86. The molecule has 1 aliphatic heterocycles. The van der Waals surface area contributed by atoms with Crippen LogP contribution in [-0.4, -0.2) is 29.2 Å². The van der Waals surface area contributed by atoms with E-state index in [-0.39, 0.29) is 17.9 Å². The van der Waals surface area contributed by atoms with Gasteiger partial charge in [-0.2, -0.15) is 4.98 Å². The van der Waals surface area contributed by atoms with Crippen LogP contribution in [0.15, 0.2) is 58.5 Å². The smallest absolute Gasteiger partial charge is 0.279 e. The average molecular weight is 452 g/mol. The number of carbonyl (C=O) groups is 1. The van der Waals surface area contributed by atoms with E-state index in [1.807, 2.05) is 62.5 Å². The minimum absolute atomic E-state index is 0.143. The van der Waals surface area contributed by atoms with Gasteiger partial charge in [0.2, 0.25) is 5.91 Å². The number of fused-ring (bicyclic) bond motifs is 1. The fraction of sp³-hybridized carbons (Fsp3) is 0.292. The zero-order valence-electron chi connectivity index (χ0n) is 18.3. The Bertz CT molecular complexity index is 1190. The number of amides is 1. The summed E-state index contributed by atoms with van der Waals surface area (Å²) in [6.07, 6.45) is 0.164. The molecule has 1 aliphatic rings. The first-order chi connectivity index (χ1) is 15.5. The summed E-state index contributed by atoms with van der Waals surface area (Å²) in [5.41, 5.74) is 2.10. The first-order valence-corrected chi connectivity index (χ1v) is 11.4. The average Bonchev–Trinajstić information content (AvgIpc) is 2.81. The van der Waals surface area contributed by atoms with Gasteiger partial charge >= 0.3 is 0 Å². The van der Waals surface area contributed by atoms with Gasteiger partial charge in [-0.3, -0.25) is 9.59 Å². The van der Waals surface area contributed by atoms with Gasteiger partial charge in [0.05, 0.1) is 19.3 Å². The molecule has 0 spiro atoms. The van der Waals surface area contributed by atoms with Gasteiger partial charge in [-0.25, -0.2) is 0 Å². The number of carbonyl (C=O) groups excluding carboxylic acids is 1. The van der Waals surface area contributed by atoms with Crippen LogP contribution in [0.2, 0.25) is 0 Å². The maximum Gasteiger partial charge on any atom is 0.279 e. The number of nitrogens with one attached hydrogen (secondary N) is 1. The summed E-state index contributed by atoms with van der Waals surface area (Å²) in [6, 6.07) is 15.5. The summed E-state index contributed by atoms with van der Waals surface area (Å²) < 4.78 is 12.9. The summed E-state index contributed by atoms with van der Waals surface area (Å²) >= 11 is 1.46. The Kier molecular flexibility index (Phi) is 6.50. The second kappa shape index (κ2) is 9.48. The van der Waals surface area contributed by atoms with Crippen LogP contribution >= 0.6 is 11.8 Å². The zero-order valence-corrected chi connectivity index (χ0v) is 19.1. The third-order valence-electron chi connectivity index (χ3n) is 5.40. The van der Waals surface area contributed by atoms with E-state index < -0.39 is 5.92 Å². The van der Waals surface area contributed by atoms with Crippen LogP contribution in [-0.2, 0) is 17.6 Å². The number of anilines is 1. The molecule has 0 saturated heterocycles. The molecule has 0 aliphatic carbocycles. The van der Waals surface area contributed by atoms with Crippen molar-refractivity contribution >= 4 is 23.5 Å². The van der Waals surface area contributed by atoms with E-state index in [0.29, 0.717) is 40.4 Å². The van der Waals surface area contributed by atoms with E-state index in [2.05, 4.69) is 10.3 Å². The first-order valence-electron chi connectivity index (χ1n) is 10.4. The monoisotopic (exact) mass is 451 g/mol. The van der Waals surface area contributed by atoms with Crippen molar-refractivity contribution in [2.75, 3.05) is 19.0 Å². The van der Waals surface area contributed by atoms with E-state index >= 15 is 0 Å². The summed E-state index contributed by atoms with van der Waals surface area (Å²) in [5, 5.41) is 3.44. The second-order valence-electron chi connectivity index (χ2n) is 7.44. The predicted octanol–water partition coefficient (Wildman–Crippen LogP) is 3.95. The fourth-order valence-electron chi connectivity index (χ4n) is 3.85. The number of thioether (sulfide) groups is 1. The lowest BCUT2D eigenvalue weighted by Gasteiger charge is -2.28. The molecular formula is C24H25N3O4S. The molecule has 3 aromatic rings. The third kappa shape index (κ3) is 4.36. The summed E-state index contributed by atoms with van der Waals surface area (Å²) in [7, 11) is 3.39. The van der Waals surface area contributed by atoms with E-state index in [1.165, 1.54) is 11.8 Å². The second-order valence-corrected chi connectivity index (χ2v) is 8.39. The van der Waals surface area contributed by atoms with Crippen molar-refractivity contribution in [3.8, 4) is 11.5 Å². The van der Waals surface area contributed by atoms with Gasteiger partial charge in [-0.05, 0) is 30.2 Å². The van der Waals surface area contributed by atoms with E-state index in [1.54, 1.807) is 11.7 Å². The number of benzene rings is 2. The Balaban J connectivity index is 1.72. The van der Waals surface area contributed by atoms with Gasteiger partial charge in [0.1, 0.15) is 5.82 Å². The summed E-state index contributed by atoms with van der Waals surface area (Å²) in [5.74, 6) is 1.80. The molecule has 32 heavy (non-hydrogen) atoms. The minimum atomic E-state index is -0.414. The van der Waals surface area contributed by atoms with Crippen LogP contribution in [0.5, 0.6) is 11.5 Å². The van der Waals surface area contributed by atoms with Gasteiger partial charge in [-0.1, -0.05) is 48.2 Å². The lowest BCUT2D eigenvalue weighted by molar-refractivity contribution is -0.116. The molecule has 0 bridgehead atoms. The van der Waals surface area contributed by atoms with Gasteiger partial charge in [0.15, 0.2) is 16.7 Å². The molecule has 2 heterocycles. The van der Waals surface area contributed by atoms with Crippen LogP contribution in [0.25, 0.3) is 0 Å². The van der Waals surface area contributed by atoms with Crippen LogP contribution < -0.4 is 20.3 Å². The van der Waals surface area contributed by atoms with Crippen LogP contribution in [0, 0.1) is 0 Å². The highest BCUT2D eigenvalue weighted by Crippen LogP contribution is 2.39. The summed E-state index contributed by atoms with van der Waals surface area (Å²) in [6.45, 7) is 2.41. The van der Waals surface area contributed by atoms with E-state index in [4.69, 9.17) is 9.47 Å². The fourth-order valence-corrected chi connectivity index (χ4v) is 4.77. The molecule has 0 fully saturated rings.